The number of nitrogens with one attached hydrogen (secondary N) is 1. The predicted octanol–water partition coefficient (Wildman–Crippen LogP) is 5.67. The van der Waals surface area contributed by atoms with Crippen LogP contribution >= 0.6 is 0 Å². The first kappa shape index (κ1) is 21.1. The van der Waals surface area contributed by atoms with Gasteiger partial charge in [0.15, 0.2) is 0 Å². The van der Waals surface area contributed by atoms with E-state index < -0.39 is 6.23 Å². The summed E-state index contributed by atoms with van der Waals surface area (Å²) in [6, 6.07) is 0. The maximum Gasteiger partial charge on any atom is 0.125 e. The Morgan fingerprint density at radius 3 is 2.17 bits per heavy atom. The highest BCUT2D eigenvalue weighted by Gasteiger charge is 2.20. The average Bonchev–Trinajstić information content (AvgIpc) is 3.04. The van der Waals surface area contributed by atoms with Crippen molar-refractivity contribution in [3.63, 3.8) is 0 Å². The molecule has 140 valence electrons. The van der Waals surface area contributed by atoms with Crippen LogP contribution in [0.25, 0.3) is 0 Å². The third-order valence-electron chi connectivity index (χ3n) is 4.80. The minimum absolute atomic E-state index is 0.288. The molecule has 1 aliphatic rings. The molecule has 1 rings (SSSR count). The van der Waals surface area contributed by atoms with E-state index in [1.54, 1.807) is 0 Å². The molecule has 0 aromatic heterocycles. The standard InChI is InChI=1S/C21H40N2O/c1-3-4-5-6-7-8-9-10-11-12-13-14-15-16-17-21-22-18-19-23(21)20(2)24/h5-6,18-22,24H,3-4,7-17H2,1-2H3/b6-5+. The normalized spacial score (nSPS) is 18.5. The van der Waals surface area contributed by atoms with Gasteiger partial charge >= 0.3 is 0 Å². The van der Waals surface area contributed by atoms with E-state index in [9.17, 15) is 5.11 Å². The van der Waals surface area contributed by atoms with Crippen molar-refractivity contribution >= 4 is 0 Å². The van der Waals surface area contributed by atoms with Crippen LogP contribution in [0.3, 0.4) is 0 Å². The molecule has 0 radical (unpaired) electrons. The molecule has 2 atom stereocenters. The molecule has 0 saturated heterocycles. The first-order chi connectivity index (χ1) is 11.8. The van der Waals surface area contributed by atoms with Gasteiger partial charge in [0.2, 0.25) is 0 Å². The van der Waals surface area contributed by atoms with Gasteiger partial charge < -0.3 is 15.3 Å². The van der Waals surface area contributed by atoms with Gasteiger partial charge in [-0.2, -0.15) is 0 Å². The zero-order valence-electron chi connectivity index (χ0n) is 16.1. The van der Waals surface area contributed by atoms with Crippen molar-refractivity contribution in [2.24, 2.45) is 0 Å². The predicted molar refractivity (Wildman–Crippen MR) is 104 cm³/mol. The molecule has 0 aliphatic carbocycles. The Bertz CT molecular complexity index is 339. The molecular formula is C21H40N2O. The second-order valence-corrected chi connectivity index (χ2v) is 7.10. The molecule has 2 N–H and O–H groups in total. The molecule has 0 aromatic rings. The van der Waals surface area contributed by atoms with Gasteiger partial charge in [-0.15, -0.1) is 0 Å². The van der Waals surface area contributed by atoms with Gasteiger partial charge in [-0.3, -0.25) is 0 Å². The van der Waals surface area contributed by atoms with Gasteiger partial charge in [-0.1, -0.05) is 70.4 Å². The van der Waals surface area contributed by atoms with Crippen LogP contribution in [0.1, 0.15) is 97.3 Å². The number of hydrogen-bond acceptors (Lipinski definition) is 3. The zero-order valence-corrected chi connectivity index (χ0v) is 16.1. The summed E-state index contributed by atoms with van der Waals surface area (Å²) in [6.45, 7) is 4.06. The van der Waals surface area contributed by atoms with E-state index in [1.165, 1.54) is 77.0 Å². The summed E-state index contributed by atoms with van der Waals surface area (Å²) in [5.41, 5.74) is 0. The van der Waals surface area contributed by atoms with Crippen LogP contribution < -0.4 is 5.32 Å². The second-order valence-electron chi connectivity index (χ2n) is 7.10. The summed E-state index contributed by atoms with van der Waals surface area (Å²) in [5.74, 6) is 0. The lowest BCUT2D eigenvalue weighted by Gasteiger charge is -2.28. The molecule has 0 saturated carbocycles. The fraction of sp³-hybridized carbons (Fsp3) is 0.810. The summed E-state index contributed by atoms with van der Waals surface area (Å²) in [5, 5.41) is 13.0. The lowest BCUT2D eigenvalue weighted by atomic mass is 10.0. The minimum Gasteiger partial charge on any atom is -0.374 e. The van der Waals surface area contributed by atoms with E-state index >= 15 is 0 Å². The van der Waals surface area contributed by atoms with E-state index in [0.717, 1.165) is 6.42 Å². The van der Waals surface area contributed by atoms with Crippen LogP contribution in [0.5, 0.6) is 0 Å². The molecule has 0 amide bonds. The first-order valence-electron chi connectivity index (χ1n) is 10.3. The summed E-state index contributed by atoms with van der Waals surface area (Å²) in [4.78, 5) is 2.00. The summed E-state index contributed by atoms with van der Waals surface area (Å²) >= 11 is 0. The molecular weight excluding hydrogens is 296 g/mol. The maximum absolute atomic E-state index is 9.67. The zero-order chi connectivity index (χ0) is 17.5. The van der Waals surface area contributed by atoms with Crippen molar-refractivity contribution < 1.29 is 5.11 Å². The number of allylic oxidation sites excluding steroid dienone is 2. The molecule has 24 heavy (non-hydrogen) atoms. The Hall–Kier alpha value is -0.960. The highest BCUT2D eigenvalue weighted by Crippen LogP contribution is 2.16. The van der Waals surface area contributed by atoms with Gasteiger partial charge in [0, 0.05) is 12.4 Å². The molecule has 3 nitrogen and oxygen atoms in total. The molecule has 0 aromatic carbocycles. The highest BCUT2D eigenvalue weighted by atomic mass is 16.3. The van der Waals surface area contributed by atoms with Gasteiger partial charge in [0.25, 0.3) is 0 Å². The smallest absolute Gasteiger partial charge is 0.125 e. The molecule has 0 bridgehead atoms. The lowest BCUT2D eigenvalue weighted by molar-refractivity contribution is 0.0254. The van der Waals surface area contributed by atoms with Crippen LogP contribution in [0.4, 0.5) is 0 Å². The van der Waals surface area contributed by atoms with Crippen molar-refractivity contribution in [2.45, 2.75) is 110 Å². The Labute approximate surface area is 150 Å². The second kappa shape index (κ2) is 14.4. The number of unbranched alkanes of at least 4 members (excludes halogenated alkanes) is 10. The van der Waals surface area contributed by atoms with E-state index in [-0.39, 0.29) is 6.17 Å². The number of rotatable bonds is 15. The summed E-state index contributed by atoms with van der Waals surface area (Å²) in [7, 11) is 0. The quantitative estimate of drug-likeness (QED) is 0.298. The largest absolute Gasteiger partial charge is 0.374 e. The summed E-state index contributed by atoms with van der Waals surface area (Å²) in [6.07, 6.45) is 25.6. The highest BCUT2D eigenvalue weighted by molar-refractivity contribution is 4.94. The third kappa shape index (κ3) is 10.0. The molecule has 2 unspecified atom stereocenters. The fourth-order valence-corrected chi connectivity index (χ4v) is 3.29. The first-order valence-corrected chi connectivity index (χ1v) is 10.3. The Morgan fingerprint density at radius 2 is 1.54 bits per heavy atom. The van der Waals surface area contributed by atoms with Crippen LogP contribution in [-0.2, 0) is 0 Å². The van der Waals surface area contributed by atoms with Crippen LogP contribution in [0.15, 0.2) is 24.6 Å². The molecule has 3 heteroatoms. The third-order valence-corrected chi connectivity index (χ3v) is 4.80. The van der Waals surface area contributed by atoms with Gasteiger partial charge in [-0.25, -0.2) is 0 Å². The number of nitrogens with zero attached hydrogens (tertiary/aromatic N) is 1. The van der Waals surface area contributed by atoms with Crippen LogP contribution in [0, 0.1) is 0 Å². The van der Waals surface area contributed by atoms with E-state index in [4.69, 9.17) is 0 Å². The lowest BCUT2D eigenvalue weighted by Crippen LogP contribution is -2.40. The minimum atomic E-state index is -0.400. The van der Waals surface area contributed by atoms with Gasteiger partial charge in [-0.05, 0) is 39.0 Å². The van der Waals surface area contributed by atoms with Gasteiger partial charge in [0.05, 0.1) is 0 Å². The average molecular weight is 337 g/mol. The van der Waals surface area contributed by atoms with Crippen LogP contribution in [0.2, 0.25) is 0 Å². The van der Waals surface area contributed by atoms with Crippen molar-refractivity contribution in [1.82, 2.24) is 10.2 Å². The van der Waals surface area contributed by atoms with Crippen molar-refractivity contribution in [3.05, 3.63) is 24.6 Å². The Kier molecular flexibility index (Phi) is 12.6. The molecule has 0 spiro atoms. The number of hydrogen-bond donors (Lipinski definition) is 2. The monoisotopic (exact) mass is 336 g/mol. The topological polar surface area (TPSA) is 35.5 Å². The SMILES string of the molecule is CCC/C=C/CCCCCCCCCCCC1NC=CN1C(C)O. The Morgan fingerprint density at radius 1 is 0.958 bits per heavy atom. The van der Waals surface area contributed by atoms with Crippen molar-refractivity contribution in [3.8, 4) is 0 Å². The molecule has 1 heterocycles. The maximum atomic E-state index is 9.67. The van der Waals surface area contributed by atoms with Crippen molar-refractivity contribution in [2.75, 3.05) is 0 Å². The summed E-state index contributed by atoms with van der Waals surface area (Å²) < 4.78 is 0. The number of aliphatic hydroxyl groups is 1. The fourth-order valence-electron chi connectivity index (χ4n) is 3.29. The Balaban J connectivity index is 1.81. The van der Waals surface area contributed by atoms with E-state index in [0.29, 0.717) is 0 Å². The molecule has 1 aliphatic heterocycles. The number of aliphatic hydroxyl groups excluding tert-OH is 1. The van der Waals surface area contributed by atoms with Crippen LogP contribution in [-0.4, -0.2) is 22.4 Å². The van der Waals surface area contributed by atoms with Crippen molar-refractivity contribution in [1.29, 1.82) is 0 Å². The molecule has 0 fully saturated rings. The van der Waals surface area contributed by atoms with Gasteiger partial charge in [0.1, 0.15) is 12.4 Å². The van der Waals surface area contributed by atoms with E-state index in [2.05, 4.69) is 24.4 Å². The van der Waals surface area contributed by atoms with E-state index in [1.807, 2.05) is 24.2 Å².